The molecular formula is C11H22N2O. The number of carbonyl (C=O) groups is 1. The van der Waals surface area contributed by atoms with Crippen LogP contribution in [0, 0.1) is 0 Å². The van der Waals surface area contributed by atoms with Crippen molar-refractivity contribution in [1.82, 2.24) is 10.2 Å². The molecule has 0 atom stereocenters. The van der Waals surface area contributed by atoms with E-state index in [0.717, 1.165) is 39.0 Å². The van der Waals surface area contributed by atoms with Crippen molar-refractivity contribution in [2.24, 2.45) is 0 Å². The summed E-state index contributed by atoms with van der Waals surface area (Å²) in [5.74, 6) is 0.401. The van der Waals surface area contributed by atoms with Gasteiger partial charge in [-0.1, -0.05) is 6.92 Å². The lowest BCUT2D eigenvalue weighted by Gasteiger charge is -2.18. The van der Waals surface area contributed by atoms with E-state index in [1.165, 1.54) is 13.0 Å². The molecule has 3 heteroatoms. The molecule has 3 nitrogen and oxygen atoms in total. The molecule has 14 heavy (non-hydrogen) atoms. The van der Waals surface area contributed by atoms with Gasteiger partial charge in [0.05, 0.1) is 0 Å². The fourth-order valence-electron chi connectivity index (χ4n) is 1.80. The Morgan fingerprint density at radius 1 is 1.36 bits per heavy atom. The summed E-state index contributed by atoms with van der Waals surface area (Å²) in [5, 5.41) is 3.38. The van der Waals surface area contributed by atoms with Gasteiger partial charge in [-0.25, -0.2) is 0 Å². The standard InChI is InChI=1S/C11H22N2O/c1-2-11(14)5-3-8-13-9-4-6-12-7-10-13/h12H,2-10H2,1H3. The third kappa shape index (κ3) is 4.72. The minimum Gasteiger partial charge on any atom is -0.315 e. The molecule has 0 aromatic carbocycles. The van der Waals surface area contributed by atoms with E-state index >= 15 is 0 Å². The summed E-state index contributed by atoms with van der Waals surface area (Å²) < 4.78 is 0. The van der Waals surface area contributed by atoms with Gasteiger partial charge >= 0.3 is 0 Å². The van der Waals surface area contributed by atoms with Crippen LogP contribution in [-0.4, -0.2) is 43.4 Å². The van der Waals surface area contributed by atoms with Gasteiger partial charge in [-0.15, -0.1) is 0 Å². The zero-order valence-electron chi connectivity index (χ0n) is 9.22. The van der Waals surface area contributed by atoms with Crippen LogP contribution in [0.3, 0.4) is 0 Å². The highest BCUT2D eigenvalue weighted by Gasteiger charge is 2.08. The average molecular weight is 198 g/mol. The van der Waals surface area contributed by atoms with Crippen LogP contribution in [0.5, 0.6) is 0 Å². The van der Waals surface area contributed by atoms with Crippen LogP contribution in [0.2, 0.25) is 0 Å². The number of carbonyl (C=O) groups excluding carboxylic acids is 1. The minimum atomic E-state index is 0.401. The second-order valence-electron chi connectivity index (χ2n) is 3.94. The van der Waals surface area contributed by atoms with Gasteiger partial charge in [0.1, 0.15) is 5.78 Å². The van der Waals surface area contributed by atoms with E-state index in [4.69, 9.17) is 0 Å². The monoisotopic (exact) mass is 198 g/mol. The summed E-state index contributed by atoms with van der Waals surface area (Å²) in [4.78, 5) is 13.6. The Bertz CT molecular complexity index is 163. The van der Waals surface area contributed by atoms with E-state index in [-0.39, 0.29) is 0 Å². The third-order valence-corrected chi connectivity index (χ3v) is 2.76. The highest BCUT2D eigenvalue weighted by atomic mass is 16.1. The van der Waals surface area contributed by atoms with Crippen molar-refractivity contribution in [2.45, 2.75) is 32.6 Å². The number of nitrogens with one attached hydrogen (secondary N) is 1. The average Bonchev–Trinajstić information content (AvgIpc) is 2.46. The number of Topliss-reactive ketones (excluding diaryl/α,β-unsaturated/α-hetero) is 1. The quantitative estimate of drug-likeness (QED) is 0.716. The Labute approximate surface area is 86.9 Å². The minimum absolute atomic E-state index is 0.401. The number of ketones is 1. The van der Waals surface area contributed by atoms with Gasteiger partial charge in [0.25, 0.3) is 0 Å². The molecule has 82 valence electrons. The highest BCUT2D eigenvalue weighted by Crippen LogP contribution is 2.00. The molecule has 0 spiro atoms. The van der Waals surface area contributed by atoms with E-state index in [2.05, 4.69) is 10.2 Å². The topological polar surface area (TPSA) is 32.3 Å². The summed E-state index contributed by atoms with van der Waals surface area (Å²) in [6.07, 6.45) is 3.73. The first-order valence-electron chi connectivity index (χ1n) is 5.77. The summed E-state index contributed by atoms with van der Waals surface area (Å²) in [6, 6.07) is 0. The van der Waals surface area contributed by atoms with Crippen LogP contribution >= 0.6 is 0 Å². The molecule has 1 N–H and O–H groups in total. The van der Waals surface area contributed by atoms with E-state index in [1.54, 1.807) is 0 Å². The van der Waals surface area contributed by atoms with Crippen molar-refractivity contribution in [3.8, 4) is 0 Å². The molecule has 0 radical (unpaired) electrons. The lowest BCUT2D eigenvalue weighted by atomic mass is 10.2. The molecule has 1 heterocycles. The van der Waals surface area contributed by atoms with Crippen molar-refractivity contribution in [3.05, 3.63) is 0 Å². The van der Waals surface area contributed by atoms with E-state index in [1.807, 2.05) is 6.92 Å². The molecule has 1 rings (SSSR count). The van der Waals surface area contributed by atoms with Gasteiger partial charge in [0.2, 0.25) is 0 Å². The third-order valence-electron chi connectivity index (χ3n) is 2.76. The molecule has 1 fully saturated rings. The van der Waals surface area contributed by atoms with Crippen LogP contribution in [0.4, 0.5) is 0 Å². The number of nitrogens with zero attached hydrogens (tertiary/aromatic N) is 1. The van der Waals surface area contributed by atoms with E-state index in [0.29, 0.717) is 12.2 Å². The highest BCUT2D eigenvalue weighted by molar-refractivity contribution is 5.77. The van der Waals surface area contributed by atoms with Crippen LogP contribution in [-0.2, 0) is 4.79 Å². The Balaban J connectivity index is 2.07. The molecule has 0 saturated carbocycles. The summed E-state index contributed by atoms with van der Waals surface area (Å²) in [6.45, 7) is 7.60. The maximum Gasteiger partial charge on any atom is 0.132 e. The number of hydrogen-bond donors (Lipinski definition) is 1. The van der Waals surface area contributed by atoms with Crippen LogP contribution in [0.25, 0.3) is 0 Å². The molecule has 0 amide bonds. The lowest BCUT2D eigenvalue weighted by Crippen LogP contribution is -2.29. The largest absolute Gasteiger partial charge is 0.315 e. The Morgan fingerprint density at radius 2 is 2.21 bits per heavy atom. The second-order valence-corrected chi connectivity index (χ2v) is 3.94. The smallest absolute Gasteiger partial charge is 0.132 e. The Morgan fingerprint density at radius 3 is 3.00 bits per heavy atom. The van der Waals surface area contributed by atoms with Crippen LogP contribution < -0.4 is 5.32 Å². The van der Waals surface area contributed by atoms with Gasteiger partial charge in [-0.05, 0) is 32.5 Å². The molecule has 1 aliphatic heterocycles. The van der Waals surface area contributed by atoms with Crippen molar-refractivity contribution < 1.29 is 4.79 Å². The zero-order valence-corrected chi connectivity index (χ0v) is 9.22. The molecule has 0 aliphatic carbocycles. The van der Waals surface area contributed by atoms with E-state index < -0.39 is 0 Å². The van der Waals surface area contributed by atoms with Crippen LogP contribution in [0.1, 0.15) is 32.6 Å². The van der Waals surface area contributed by atoms with Crippen molar-refractivity contribution >= 4 is 5.78 Å². The van der Waals surface area contributed by atoms with Crippen LogP contribution in [0.15, 0.2) is 0 Å². The summed E-state index contributed by atoms with van der Waals surface area (Å²) in [5.41, 5.74) is 0. The summed E-state index contributed by atoms with van der Waals surface area (Å²) >= 11 is 0. The molecule has 0 aromatic rings. The predicted molar refractivity (Wildman–Crippen MR) is 58.5 cm³/mol. The van der Waals surface area contributed by atoms with Gasteiger partial charge in [0.15, 0.2) is 0 Å². The molecule has 0 aromatic heterocycles. The fourth-order valence-corrected chi connectivity index (χ4v) is 1.80. The molecule has 0 unspecified atom stereocenters. The first-order chi connectivity index (χ1) is 6.83. The van der Waals surface area contributed by atoms with Gasteiger partial charge in [0, 0.05) is 25.9 Å². The maximum absolute atomic E-state index is 11.1. The first kappa shape index (κ1) is 11.7. The number of hydrogen-bond acceptors (Lipinski definition) is 3. The molecular weight excluding hydrogens is 176 g/mol. The normalized spacial score (nSPS) is 19.2. The lowest BCUT2D eigenvalue weighted by molar-refractivity contribution is -0.118. The van der Waals surface area contributed by atoms with Crippen molar-refractivity contribution in [1.29, 1.82) is 0 Å². The predicted octanol–water partition coefficient (Wildman–Crippen LogP) is 1.04. The molecule has 1 aliphatic rings. The fraction of sp³-hybridized carbons (Fsp3) is 0.909. The van der Waals surface area contributed by atoms with Gasteiger partial charge < -0.3 is 10.2 Å². The van der Waals surface area contributed by atoms with Gasteiger partial charge in [-0.3, -0.25) is 4.79 Å². The Kier molecular flexibility index (Phi) is 5.80. The Hall–Kier alpha value is -0.410. The van der Waals surface area contributed by atoms with Gasteiger partial charge in [-0.2, -0.15) is 0 Å². The van der Waals surface area contributed by atoms with E-state index in [9.17, 15) is 4.79 Å². The van der Waals surface area contributed by atoms with Crippen molar-refractivity contribution in [3.63, 3.8) is 0 Å². The maximum atomic E-state index is 11.1. The zero-order chi connectivity index (χ0) is 10.2. The summed E-state index contributed by atoms with van der Waals surface area (Å²) in [7, 11) is 0. The molecule has 0 bridgehead atoms. The van der Waals surface area contributed by atoms with Crippen molar-refractivity contribution in [2.75, 3.05) is 32.7 Å². The SMILES string of the molecule is CCC(=O)CCCN1CCCNCC1. The first-order valence-corrected chi connectivity index (χ1v) is 5.77. The molecule has 1 saturated heterocycles. The second kappa shape index (κ2) is 6.96. The number of rotatable bonds is 5.